The van der Waals surface area contributed by atoms with Crippen molar-refractivity contribution in [2.45, 2.75) is 25.7 Å². The molecule has 2 aromatic rings. The van der Waals surface area contributed by atoms with E-state index in [4.69, 9.17) is 15.9 Å². The van der Waals surface area contributed by atoms with Gasteiger partial charge in [-0.2, -0.15) is 0 Å². The molecule has 3 rings (SSSR count). The fourth-order valence-corrected chi connectivity index (χ4v) is 3.02. The standard InChI is InChI=1S/C17H20N2O/c18-17(19)15-9-10-16(14-8-4-3-7-13(14)15)20-11-12-5-1-2-6-12/h3-4,7-10,12H,1-2,5-6,11H2,(H3,18,19). The minimum atomic E-state index is 0.101. The lowest BCUT2D eigenvalue weighted by molar-refractivity contribution is 0.255. The minimum absolute atomic E-state index is 0.101. The number of amidine groups is 1. The zero-order chi connectivity index (χ0) is 13.9. The summed E-state index contributed by atoms with van der Waals surface area (Å²) in [5, 5.41) is 9.69. The second kappa shape index (κ2) is 5.53. The Hall–Kier alpha value is -2.03. The molecule has 0 radical (unpaired) electrons. The molecule has 20 heavy (non-hydrogen) atoms. The molecule has 1 aliphatic carbocycles. The Morgan fingerprint density at radius 3 is 2.50 bits per heavy atom. The minimum Gasteiger partial charge on any atom is -0.493 e. The highest BCUT2D eigenvalue weighted by Crippen LogP contribution is 2.30. The predicted molar refractivity (Wildman–Crippen MR) is 82.4 cm³/mol. The molecule has 0 saturated heterocycles. The molecule has 0 atom stereocenters. The number of hydrogen-bond acceptors (Lipinski definition) is 2. The third kappa shape index (κ3) is 2.48. The van der Waals surface area contributed by atoms with Crippen molar-refractivity contribution in [2.24, 2.45) is 11.7 Å². The maximum Gasteiger partial charge on any atom is 0.127 e. The highest BCUT2D eigenvalue weighted by Gasteiger charge is 2.16. The van der Waals surface area contributed by atoms with Crippen LogP contribution in [0.4, 0.5) is 0 Å². The van der Waals surface area contributed by atoms with Crippen LogP contribution in [0.5, 0.6) is 5.75 Å². The van der Waals surface area contributed by atoms with Gasteiger partial charge < -0.3 is 10.5 Å². The average Bonchev–Trinajstić information content (AvgIpc) is 2.97. The first kappa shape index (κ1) is 13.0. The van der Waals surface area contributed by atoms with Gasteiger partial charge in [0.2, 0.25) is 0 Å². The van der Waals surface area contributed by atoms with E-state index in [0.717, 1.165) is 28.7 Å². The molecule has 1 fully saturated rings. The van der Waals surface area contributed by atoms with Crippen molar-refractivity contribution < 1.29 is 4.74 Å². The van der Waals surface area contributed by atoms with E-state index in [9.17, 15) is 0 Å². The van der Waals surface area contributed by atoms with Gasteiger partial charge in [-0.3, -0.25) is 5.41 Å². The number of nitrogens with two attached hydrogens (primary N) is 1. The van der Waals surface area contributed by atoms with E-state index < -0.39 is 0 Å². The number of rotatable bonds is 4. The van der Waals surface area contributed by atoms with Crippen LogP contribution in [0.3, 0.4) is 0 Å². The monoisotopic (exact) mass is 268 g/mol. The van der Waals surface area contributed by atoms with Crippen LogP contribution in [0.1, 0.15) is 31.2 Å². The molecular formula is C17H20N2O. The van der Waals surface area contributed by atoms with Crippen LogP contribution in [-0.4, -0.2) is 12.4 Å². The van der Waals surface area contributed by atoms with Crippen LogP contribution in [0, 0.1) is 11.3 Å². The second-order valence-corrected chi connectivity index (χ2v) is 5.53. The Bertz CT molecular complexity index is 630. The molecule has 2 aromatic carbocycles. The lowest BCUT2D eigenvalue weighted by Crippen LogP contribution is -2.12. The number of nitrogens with one attached hydrogen (secondary N) is 1. The van der Waals surface area contributed by atoms with Crippen LogP contribution < -0.4 is 10.5 Å². The van der Waals surface area contributed by atoms with Crippen molar-refractivity contribution in [3.8, 4) is 5.75 Å². The van der Waals surface area contributed by atoms with E-state index >= 15 is 0 Å². The normalized spacial score (nSPS) is 15.6. The van der Waals surface area contributed by atoms with E-state index in [0.29, 0.717) is 5.92 Å². The van der Waals surface area contributed by atoms with Gasteiger partial charge >= 0.3 is 0 Å². The van der Waals surface area contributed by atoms with Crippen LogP contribution in [0.25, 0.3) is 10.8 Å². The van der Waals surface area contributed by atoms with E-state index in [-0.39, 0.29) is 5.84 Å². The molecule has 3 N–H and O–H groups in total. The Kier molecular flexibility index (Phi) is 3.59. The lowest BCUT2D eigenvalue weighted by Gasteiger charge is -2.14. The summed E-state index contributed by atoms with van der Waals surface area (Å²) in [5.74, 6) is 1.70. The molecule has 104 valence electrons. The van der Waals surface area contributed by atoms with Gasteiger partial charge in [0, 0.05) is 10.9 Å². The summed E-state index contributed by atoms with van der Waals surface area (Å²) >= 11 is 0. The van der Waals surface area contributed by atoms with Gasteiger partial charge in [0.05, 0.1) is 6.61 Å². The van der Waals surface area contributed by atoms with E-state index in [1.54, 1.807) is 0 Å². The summed E-state index contributed by atoms with van der Waals surface area (Å²) in [6, 6.07) is 11.8. The third-order valence-corrected chi connectivity index (χ3v) is 4.12. The van der Waals surface area contributed by atoms with Gasteiger partial charge in [-0.15, -0.1) is 0 Å². The Labute approximate surface area is 119 Å². The SMILES string of the molecule is N=C(N)c1ccc(OCC2CCCC2)c2ccccc12. The van der Waals surface area contributed by atoms with Gasteiger partial charge in [0.15, 0.2) is 0 Å². The molecule has 3 nitrogen and oxygen atoms in total. The van der Waals surface area contributed by atoms with Crippen molar-refractivity contribution in [3.63, 3.8) is 0 Å². The van der Waals surface area contributed by atoms with Crippen LogP contribution in [-0.2, 0) is 0 Å². The van der Waals surface area contributed by atoms with Crippen LogP contribution in [0.15, 0.2) is 36.4 Å². The maximum absolute atomic E-state index is 7.66. The first-order valence-corrected chi connectivity index (χ1v) is 7.24. The van der Waals surface area contributed by atoms with Crippen molar-refractivity contribution in [1.82, 2.24) is 0 Å². The summed E-state index contributed by atoms with van der Waals surface area (Å²) in [5.41, 5.74) is 6.42. The van der Waals surface area contributed by atoms with Crippen molar-refractivity contribution >= 4 is 16.6 Å². The second-order valence-electron chi connectivity index (χ2n) is 5.53. The van der Waals surface area contributed by atoms with Crippen molar-refractivity contribution in [3.05, 3.63) is 42.0 Å². The first-order valence-electron chi connectivity index (χ1n) is 7.24. The first-order chi connectivity index (χ1) is 9.75. The van der Waals surface area contributed by atoms with Crippen LogP contribution >= 0.6 is 0 Å². The molecule has 1 aliphatic rings. The molecule has 0 amide bonds. The summed E-state index contributed by atoms with van der Waals surface area (Å²) < 4.78 is 6.03. The molecule has 0 aliphatic heterocycles. The van der Waals surface area contributed by atoms with Crippen LogP contribution in [0.2, 0.25) is 0 Å². The third-order valence-electron chi connectivity index (χ3n) is 4.12. The smallest absolute Gasteiger partial charge is 0.127 e. The zero-order valence-corrected chi connectivity index (χ0v) is 11.6. The predicted octanol–water partition coefficient (Wildman–Crippen LogP) is 3.69. The number of ether oxygens (including phenoxy) is 1. The fraction of sp³-hybridized carbons (Fsp3) is 0.353. The zero-order valence-electron chi connectivity index (χ0n) is 11.6. The number of nitrogen functional groups attached to an aromatic ring is 1. The quantitative estimate of drug-likeness (QED) is 0.656. The summed E-state index contributed by atoms with van der Waals surface area (Å²) in [6.07, 6.45) is 5.23. The molecule has 0 aromatic heterocycles. The van der Waals surface area contributed by atoms with E-state index in [2.05, 4.69) is 0 Å². The molecule has 0 heterocycles. The van der Waals surface area contributed by atoms with Gasteiger partial charge in [-0.05, 0) is 36.3 Å². The summed E-state index contributed by atoms with van der Waals surface area (Å²) in [7, 11) is 0. The number of fused-ring (bicyclic) bond motifs is 1. The maximum atomic E-state index is 7.66. The van der Waals surface area contributed by atoms with Crippen molar-refractivity contribution in [1.29, 1.82) is 5.41 Å². The largest absolute Gasteiger partial charge is 0.493 e. The summed E-state index contributed by atoms with van der Waals surface area (Å²) in [4.78, 5) is 0. The topological polar surface area (TPSA) is 59.1 Å². The van der Waals surface area contributed by atoms with Crippen molar-refractivity contribution in [2.75, 3.05) is 6.61 Å². The van der Waals surface area contributed by atoms with E-state index in [1.807, 2.05) is 36.4 Å². The lowest BCUT2D eigenvalue weighted by atomic mass is 10.0. The van der Waals surface area contributed by atoms with Gasteiger partial charge in [-0.1, -0.05) is 37.1 Å². The molecule has 3 heteroatoms. The number of hydrogen-bond donors (Lipinski definition) is 2. The Balaban J connectivity index is 1.91. The Morgan fingerprint density at radius 1 is 1.10 bits per heavy atom. The highest BCUT2D eigenvalue weighted by molar-refractivity contribution is 6.09. The Morgan fingerprint density at radius 2 is 1.80 bits per heavy atom. The van der Waals surface area contributed by atoms with Gasteiger partial charge in [0.25, 0.3) is 0 Å². The fourth-order valence-electron chi connectivity index (χ4n) is 3.02. The summed E-state index contributed by atoms with van der Waals surface area (Å²) in [6.45, 7) is 0.795. The molecular weight excluding hydrogens is 248 g/mol. The average molecular weight is 268 g/mol. The molecule has 0 unspecified atom stereocenters. The van der Waals surface area contributed by atoms with E-state index in [1.165, 1.54) is 25.7 Å². The van der Waals surface area contributed by atoms with Gasteiger partial charge in [-0.25, -0.2) is 0 Å². The molecule has 0 spiro atoms. The molecule has 0 bridgehead atoms. The highest BCUT2D eigenvalue weighted by atomic mass is 16.5. The van der Waals surface area contributed by atoms with Gasteiger partial charge in [0.1, 0.15) is 11.6 Å². The molecule has 1 saturated carbocycles. The number of benzene rings is 2.